The summed E-state index contributed by atoms with van der Waals surface area (Å²) in [5, 5.41) is 0. The van der Waals surface area contributed by atoms with Gasteiger partial charge in [-0.3, -0.25) is 4.98 Å². The van der Waals surface area contributed by atoms with E-state index in [0.29, 0.717) is 0 Å². The van der Waals surface area contributed by atoms with Crippen LogP contribution in [-0.2, 0) is 0 Å². The third-order valence-corrected chi connectivity index (χ3v) is 2.86. The molecule has 1 aromatic heterocycles. The van der Waals surface area contributed by atoms with Gasteiger partial charge in [0, 0.05) is 28.0 Å². The summed E-state index contributed by atoms with van der Waals surface area (Å²) in [5.41, 5.74) is 2.08. The highest BCUT2D eigenvalue weighted by molar-refractivity contribution is 9.10. The molecule has 2 rings (SSSR count). The van der Waals surface area contributed by atoms with E-state index >= 15 is 0 Å². The van der Waals surface area contributed by atoms with E-state index in [1.54, 1.807) is 13.3 Å². The average molecular weight is 264 g/mol. The van der Waals surface area contributed by atoms with Gasteiger partial charge in [0.15, 0.2) is 0 Å². The first-order chi connectivity index (χ1) is 7.33. The minimum absolute atomic E-state index is 0.853. The molecule has 0 unspecified atom stereocenters. The number of pyridine rings is 1. The van der Waals surface area contributed by atoms with Gasteiger partial charge in [-0.1, -0.05) is 34.1 Å². The predicted octanol–water partition coefficient (Wildman–Crippen LogP) is 3.52. The third-order valence-electron chi connectivity index (χ3n) is 2.17. The second-order valence-corrected chi connectivity index (χ2v) is 3.91. The zero-order valence-corrected chi connectivity index (χ0v) is 9.86. The molecule has 15 heavy (non-hydrogen) atoms. The molecule has 0 N–H and O–H groups in total. The molecular weight excluding hydrogens is 254 g/mol. The lowest BCUT2D eigenvalue weighted by molar-refractivity contribution is 0.416. The van der Waals surface area contributed by atoms with E-state index in [1.807, 2.05) is 36.5 Å². The van der Waals surface area contributed by atoms with E-state index < -0.39 is 0 Å². The molecule has 0 aliphatic heterocycles. The molecule has 0 atom stereocenters. The van der Waals surface area contributed by atoms with Crippen LogP contribution in [0.25, 0.3) is 11.1 Å². The molecule has 0 aliphatic carbocycles. The van der Waals surface area contributed by atoms with Crippen molar-refractivity contribution in [2.24, 2.45) is 0 Å². The first kappa shape index (κ1) is 10.2. The topological polar surface area (TPSA) is 22.1 Å². The molecule has 0 spiro atoms. The summed E-state index contributed by atoms with van der Waals surface area (Å²) in [6.45, 7) is 0. The smallest absolute Gasteiger partial charge is 0.126 e. The maximum atomic E-state index is 5.31. The van der Waals surface area contributed by atoms with Crippen LogP contribution in [0.2, 0.25) is 0 Å². The van der Waals surface area contributed by atoms with Gasteiger partial charge in [0.1, 0.15) is 5.75 Å². The number of hydrogen-bond donors (Lipinski definition) is 0. The number of rotatable bonds is 2. The fraction of sp³-hybridized carbons (Fsp3) is 0.0833. The number of aromatic nitrogens is 1. The highest BCUT2D eigenvalue weighted by Crippen LogP contribution is 2.33. The molecule has 0 aliphatic rings. The van der Waals surface area contributed by atoms with Crippen molar-refractivity contribution in [3.8, 4) is 16.9 Å². The maximum Gasteiger partial charge on any atom is 0.126 e. The van der Waals surface area contributed by atoms with Gasteiger partial charge in [0.25, 0.3) is 0 Å². The van der Waals surface area contributed by atoms with E-state index in [2.05, 4.69) is 20.9 Å². The van der Waals surface area contributed by atoms with Crippen LogP contribution in [0.5, 0.6) is 5.75 Å². The largest absolute Gasteiger partial charge is 0.496 e. The fourth-order valence-corrected chi connectivity index (χ4v) is 1.88. The van der Waals surface area contributed by atoms with Crippen molar-refractivity contribution in [2.45, 2.75) is 0 Å². The summed E-state index contributed by atoms with van der Waals surface area (Å²) in [4.78, 5) is 4.11. The van der Waals surface area contributed by atoms with Gasteiger partial charge < -0.3 is 4.74 Å². The molecular formula is C12H10BrNO. The molecule has 3 heteroatoms. The lowest BCUT2D eigenvalue weighted by Gasteiger charge is -2.08. The Kier molecular flexibility index (Phi) is 3.02. The summed E-state index contributed by atoms with van der Waals surface area (Å²) in [5.74, 6) is 0.853. The lowest BCUT2D eigenvalue weighted by atomic mass is 10.1. The molecule has 1 heterocycles. The van der Waals surface area contributed by atoms with Crippen LogP contribution in [0.1, 0.15) is 0 Å². The third kappa shape index (κ3) is 2.02. The molecule has 76 valence electrons. The zero-order valence-electron chi connectivity index (χ0n) is 8.27. The van der Waals surface area contributed by atoms with Crippen molar-refractivity contribution in [2.75, 3.05) is 7.11 Å². The fourth-order valence-electron chi connectivity index (χ4n) is 1.44. The SMILES string of the molecule is COc1ccccc1-c1cnccc1Br. The van der Waals surface area contributed by atoms with Crippen LogP contribution in [-0.4, -0.2) is 12.1 Å². The normalized spacial score (nSPS) is 10.0. The standard InChI is InChI=1S/C12H10BrNO/c1-15-12-5-3-2-4-9(12)10-8-14-7-6-11(10)13/h2-8H,1H3. The first-order valence-electron chi connectivity index (χ1n) is 4.56. The van der Waals surface area contributed by atoms with E-state index in [0.717, 1.165) is 21.3 Å². The van der Waals surface area contributed by atoms with E-state index in [-0.39, 0.29) is 0 Å². The molecule has 0 saturated carbocycles. The Morgan fingerprint density at radius 1 is 1.13 bits per heavy atom. The Labute approximate surface area is 97.1 Å². The van der Waals surface area contributed by atoms with E-state index in [4.69, 9.17) is 4.74 Å². The van der Waals surface area contributed by atoms with Gasteiger partial charge in [-0.15, -0.1) is 0 Å². The molecule has 0 amide bonds. The second-order valence-electron chi connectivity index (χ2n) is 3.06. The number of ether oxygens (including phenoxy) is 1. The number of hydrogen-bond acceptors (Lipinski definition) is 2. The molecule has 0 saturated heterocycles. The van der Waals surface area contributed by atoms with Crippen molar-refractivity contribution in [1.82, 2.24) is 4.98 Å². The molecule has 1 aromatic carbocycles. The molecule has 2 aromatic rings. The Morgan fingerprint density at radius 3 is 2.67 bits per heavy atom. The van der Waals surface area contributed by atoms with Crippen molar-refractivity contribution in [3.05, 3.63) is 47.2 Å². The van der Waals surface area contributed by atoms with Crippen LogP contribution in [0, 0.1) is 0 Å². The Bertz CT molecular complexity index is 471. The Balaban J connectivity index is 2.59. The number of para-hydroxylation sites is 1. The summed E-state index contributed by atoms with van der Waals surface area (Å²) in [6.07, 6.45) is 3.57. The number of benzene rings is 1. The van der Waals surface area contributed by atoms with E-state index in [9.17, 15) is 0 Å². The van der Waals surface area contributed by atoms with Crippen molar-refractivity contribution < 1.29 is 4.74 Å². The monoisotopic (exact) mass is 263 g/mol. The molecule has 0 radical (unpaired) electrons. The van der Waals surface area contributed by atoms with Crippen LogP contribution in [0.15, 0.2) is 47.2 Å². The Hall–Kier alpha value is -1.35. The molecule has 0 fully saturated rings. The van der Waals surface area contributed by atoms with Gasteiger partial charge in [0.2, 0.25) is 0 Å². The summed E-state index contributed by atoms with van der Waals surface area (Å²) >= 11 is 3.50. The predicted molar refractivity (Wildman–Crippen MR) is 63.9 cm³/mol. The Morgan fingerprint density at radius 2 is 1.93 bits per heavy atom. The van der Waals surface area contributed by atoms with Crippen molar-refractivity contribution >= 4 is 15.9 Å². The summed E-state index contributed by atoms with van der Waals surface area (Å²) in [6, 6.07) is 9.81. The summed E-state index contributed by atoms with van der Waals surface area (Å²) in [7, 11) is 1.67. The molecule has 2 nitrogen and oxygen atoms in total. The average Bonchev–Trinajstić information content (AvgIpc) is 2.30. The van der Waals surface area contributed by atoms with Crippen LogP contribution < -0.4 is 4.74 Å². The van der Waals surface area contributed by atoms with Gasteiger partial charge in [-0.05, 0) is 12.1 Å². The minimum Gasteiger partial charge on any atom is -0.496 e. The van der Waals surface area contributed by atoms with Gasteiger partial charge in [0.05, 0.1) is 7.11 Å². The second kappa shape index (κ2) is 4.45. The van der Waals surface area contributed by atoms with Crippen molar-refractivity contribution in [3.63, 3.8) is 0 Å². The number of methoxy groups -OCH3 is 1. The van der Waals surface area contributed by atoms with E-state index in [1.165, 1.54) is 0 Å². The van der Waals surface area contributed by atoms with Crippen LogP contribution >= 0.6 is 15.9 Å². The minimum atomic E-state index is 0.853. The summed E-state index contributed by atoms with van der Waals surface area (Å²) < 4.78 is 6.32. The quantitative estimate of drug-likeness (QED) is 0.827. The maximum absolute atomic E-state index is 5.31. The highest BCUT2D eigenvalue weighted by atomic mass is 79.9. The van der Waals surface area contributed by atoms with Crippen molar-refractivity contribution in [1.29, 1.82) is 0 Å². The molecule has 0 bridgehead atoms. The number of nitrogens with zero attached hydrogens (tertiary/aromatic N) is 1. The van der Waals surface area contributed by atoms with Gasteiger partial charge >= 0.3 is 0 Å². The first-order valence-corrected chi connectivity index (χ1v) is 5.35. The van der Waals surface area contributed by atoms with Crippen LogP contribution in [0.4, 0.5) is 0 Å². The lowest BCUT2D eigenvalue weighted by Crippen LogP contribution is -1.88. The zero-order chi connectivity index (χ0) is 10.7. The highest BCUT2D eigenvalue weighted by Gasteiger charge is 2.07. The van der Waals surface area contributed by atoms with Crippen LogP contribution in [0.3, 0.4) is 0 Å². The number of halogens is 1. The van der Waals surface area contributed by atoms with Gasteiger partial charge in [-0.25, -0.2) is 0 Å². The van der Waals surface area contributed by atoms with Gasteiger partial charge in [-0.2, -0.15) is 0 Å².